The molecular weight excluding hydrogens is 405 g/mol. The highest BCUT2D eigenvalue weighted by atomic mass is 32.2. The van der Waals surface area contributed by atoms with E-state index in [1.807, 2.05) is 61.5 Å². The topological polar surface area (TPSA) is 38.3 Å². The standard InChI is InChI=1S/C23H18FNO2S2/c1-14(21-22(26)25-23(28)29-21)16-10-17(15-6-5-7-18(24)11-15)13-20(12-16)27-19-8-3-2-4-9-19/h2-14,21H,1H3,(H,25,26,28). The van der Waals surface area contributed by atoms with Crippen LogP contribution in [0.1, 0.15) is 18.4 Å². The van der Waals surface area contributed by atoms with Gasteiger partial charge in [-0.2, -0.15) is 0 Å². The van der Waals surface area contributed by atoms with E-state index in [1.165, 1.54) is 23.9 Å². The summed E-state index contributed by atoms with van der Waals surface area (Å²) in [6.45, 7) is 1.99. The average Bonchev–Trinajstić information content (AvgIpc) is 3.06. The molecule has 1 heterocycles. The van der Waals surface area contributed by atoms with Crippen molar-refractivity contribution in [3.8, 4) is 22.6 Å². The molecular formula is C23H18FNO2S2. The molecule has 146 valence electrons. The van der Waals surface area contributed by atoms with Crippen LogP contribution in [0.3, 0.4) is 0 Å². The lowest BCUT2D eigenvalue weighted by molar-refractivity contribution is -0.119. The number of thiocarbonyl (C=S) groups is 1. The molecule has 3 aromatic carbocycles. The fourth-order valence-electron chi connectivity index (χ4n) is 3.28. The molecule has 0 bridgehead atoms. The van der Waals surface area contributed by atoms with Crippen molar-refractivity contribution >= 4 is 34.2 Å². The number of rotatable bonds is 5. The zero-order valence-corrected chi connectivity index (χ0v) is 17.2. The summed E-state index contributed by atoms with van der Waals surface area (Å²) in [5.41, 5.74) is 2.50. The summed E-state index contributed by atoms with van der Waals surface area (Å²) in [5, 5.41) is 2.39. The van der Waals surface area contributed by atoms with Crippen molar-refractivity contribution in [1.29, 1.82) is 0 Å². The third kappa shape index (κ3) is 4.49. The molecule has 6 heteroatoms. The SMILES string of the molecule is CC(c1cc(Oc2ccccc2)cc(-c2cccc(F)c2)c1)C1SC(=S)NC1=O. The highest BCUT2D eigenvalue weighted by Gasteiger charge is 2.34. The number of benzene rings is 3. The van der Waals surface area contributed by atoms with Gasteiger partial charge in [0.15, 0.2) is 0 Å². The molecule has 0 aliphatic carbocycles. The van der Waals surface area contributed by atoms with Gasteiger partial charge in [0.2, 0.25) is 5.91 Å². The van der Waals surface area contributed by atoms with Gasteiger partial charge in [0.05, 0.1) is 5.25 Å². The van der Waals surface area contributed by atoms with Crippen LogP contribution < -0.4 is 10.1 Å². The Morgan fingerprint density at radius 3 is 2.48 bits per heavy atom. The Labute approximate surface area is 178 Å². The van der Waals surface area contributed by atoms with E-state index < -0.39 is 0 Å². The van der Waals surface area contributed by atoms with Gasteiger partial charge >= 0.3 is 0 Å². The van der Waals surface area contributed by atoms with Crippen LogP contribution in [0, 0.1) is 5.82 Å². The van der Waals surface area contributed by atoms with Crippen LogP contribution in [0.15, 0.2) is 72.8 Å². The van der Waals surface area contributed by atoms with Crippen molar-refractivity contribution in [2.24, 2.45) is 0 Å². The van der Waals surface area contributed by atoms with Crippen molar-refractivity contribution in [2.75, 3.05) is 0 Å². The Hall–Kier alpha value is -2.70. The van der Waals surface area contributed by atoms with Gasteiger partial charge in [-0.05, 0) is 53.1 Å². The molecule has 3 aromatic rings. The number of thioether (sulfide) groups is 1. The summed E-state index contributed by atoms with van der Waals surface area (Å²) in [7, 11) is 0. The molecule has 0 spiro atoms. The molecule has 1 saturated heterocycles. The number of halogens is 1. The number of carbonyl (C=O) groups is 1. The first-order valence-corrected chi connectivity index (χ1v) is 10.4. The van der Waals surface area contributed by atoms with Crippen molar-refractivity contribution < 1.29 is 13.9 Å². The number of hydrogen-bond donors (Lipinski definition) is 1. The number of amides is 1. The second-order valence-electron chi connectivity index (χ2n) is 6.82. The van der Waals surface area contributed by atoms with Gasteiger partial charge in [-0.3, -0.25) is 4.79 Å². The summed E-state index contributed by atoms with van der Waals surface area (Å²) in [4.78, 5) is 12.3. The quantitative estimate of drug-likeness (QED) is 0.518. The van der Waals surface area contributed by atoms with Crippen LogP contribution in [0.4, 0.5) is 4.39 Å². The van der Waals surface area contributed by atoms with Crippen LogP contribution in [-0.2, 0) is 4.79 Å². The summed E-state index contributed by atoms with van der Waals surface area (Å²) >= 11 is 6.50. The van der Waals surface area contributed by atoms with E-state index >= 15 is 0 Å². The van der Waals surface area contributed by atoms with E-state index in [-0.39, 0.29) is 22.9 Å². The van der Waals surface area contributed by atoms with Gasteiger partial charge in [-0.1, -0.05) is 67.3 Å². The van der Waals surface area contributed by atoms with Crippen LogP contribution in [0.25, 0.3) is 11.1 Å². The minimum atomic E-state index is -0.310. The zero-order chi connectivity index (χ0) is 20.4. The second kappa shape index (κ2) is 8.35. The van der Waals surface area contributed by atoms with Crippen molar-refractivity contribution in [3.05, 3.63) is 84.2 Å². The molecule has 0 saturated carbocycles. The molecule has 2 unspecified atom stereocenters. The largest absolute Gasteiger partial charge is 0.457 e. The molecule has 0 radical (unpaired) electrons. The van der Waals surface area contributed by atoms with Gasteiger partial charge in [0.1, 0.15) is 21.6 Å². The monoisotopic (exact) mass is 423 g/mol. The summed E-state index contributed by atoms with van der Waals surface area (Å²) < 4.78 is 20.3. The lowest BCUT2D eigenvalue weighted by atomic mass is 9.93. The predicted molar refractivity (Wildman–Crippen MR) is 119 cm³/mol. The maximum Gasteiger partial charge on any atom is 0.239 e. The van der Waals surface area contributed by atoms with Crippen LogP contribution in [0.2, 0.25) is 0 Å². The normalized spacial score (nSPS) is 17.1. The molecule has 1 N–H and O–H groups in total. The summed E-state index contributed by atoms with van der Waals surface area (Å²) in [6.07, 6.45) is 0. The second-order valence-corrected chi connectivity index (χ2v) is 8.64. The molecule has 29 heavy (non-hydrogen) atoms. The van der Waals surface area contributed by atoms with Gasteiger partial charge < -0.3 is 10.1 Å². The van der Waals surface area contributed by atoms with E-state index in [1.54, 1.807) is 6.07 Å². The fraction of sp³-hybridized carbons (Fsp3) is 0.130. The molecule has 0 aromatic heterocycles. The summed E-state index contributed by atoms with van der Waals surface area (Å²) in [5.74, 6) is 0.839. The lowest BCUT2D eigenvalue weighted by Crippen LogP contribution is -2.27. The smallest absolute Gasteiger partial charge is 0.239 e. The molecule has 1 aliphatic rings. The predicted octanol–water partition coefficient (Wildman–Crippen LogP) is 5.91. The van der Waals surface area contributed by atoms with Gasteiger partial charge in [0.25, 0.3) is 0 Å². The fourth-order valence-corrected chi connectivity index (χ4v) is 4.61. The molecule has 4 rings (SSSR count). The third-order valence-corrected chi connectivity index (χ3v) is 6.35. The Bertz CT molecular complexity index is 1070. The first-order valence-electron chi connectivity index (χ1n) is 9.15. The first-order chi connectivity index (χ1) is 14.0. The third-order valence-electron chi connectivity index (χ3n) is 4.76. The van der Waals surface area contributed by atoms with E-state index in [4.69, 9.17) is 17.0 Å². The maximum absolute atomic E-state index is 13.8. The number of nitrogens with one attached hydrogen (secondary N) is 1. The molecule has 2 atom stereocenters. The first kappa shape index (κ1) is 19.6. The van der Waals surface area contributed by atoms with E-state index in [2.05, 4.69) is 5.32 Å². The summed E-state index contributed by atoms with van der Waals surface area (Å²) in [6, 6.07) is 21.7. The number of ether oxygens (including phenoxy) is 1. The van der Waals surface area contributed by atoms with Crippen LogP contribution in [0.5, 0.6) is 11.5 Å². The molecule has 3 nitrogen and oxygen atoms in total. The van der Waals surface area contributed by atoms with Gasteiger partial charge in [-0.15, -0.1) is 0 Å². The van der Waals surface area contributed by atoms with Gasteiger partial charge in [0, 0.05) is 5.92 Å². The van der Waals surface area contributed by atoms with Crippen LogP contribution in [-0.4, -0.2) is 15.5 Å². The van der Waals surface area contributed by atoms with E-state index in [0.29, 0.717) is 15.8 Å². The Morgan fingerprint density at radius 2 is 1.79 bits per heavy atom. The Kier molecular flexibility index (Phi) is 5.65. The lowest BCUT2D eigenvalue weighted by Gasteiger charge is -2.19. The maximum atomic E-state index is 13.8. The highest BCUT2D eigenvalue weighted by molar-refractivity contribution is 8.24. The number of hydrogen-bond acceptors (Lipinski definition) is 4. The van der Waals surface area contributed by atoms with Crippen molar-refractivity contribution in [1.82, 2.24) is 5.32 Å². The van der Waals surface area contributed by atoms with Crippen molar-refractivity contribution in [3.63, 3.8) is 0 Å². The Balaban J connectivity index is 1.75. The highest BCUT2D eigenvalue weighted by Crippen LogP contribution is 2.37. The molecule has 1 aliphatic heterocycles. The molecule has 1 amide bonds. The van der Waals surface area contributed by atoms with E-state index in [9.17, 15) is 9.18 Å². The van der Waals surface area contributed by atoms with Gasteiger partial charge in [-0.25, -0.2) is 4.39 Å². The average molecular weight is 424 g/mol. The van der Waals surface area contributed by atoms with Crippen molar-refractivity contribution in [2.45, 2.75) is 18.1 Å². The molecule has 1 fully saturated rings. The van der Waals surface area contributed by atoms with Crippen LogP contribution >= 0.6 is 24.0 Å². The number of para-hydroxylation sites is 1. The Morgan fingerprint density at radius 1 is 1.00 bits per heavy atom. The van der Waals surface area contributed by atoms with E-state index in [0.717, 1.165) is 16.7 Å². The number of carbonyl (C=O) groups excluding carboxylic acids is 1. The zero-order valence-electron chi connectivity index (χ0n) is 15.6. The minimum Gasteiger partial charge on any atom is -0.457 e. The minimum absolute atomic E-state index is 0.0887.